The van der Waals surface area contributed by atoms with Crippen LogP contribution < -0.4 is 19.5 Å². The minimum atomic E-state index is -0.273. The minimum absolute atomic E-state index is 0.273. The van der Waals surface area contributed by atoms with Crippen LogP contribution in [0.5, 0.6) is 17.2 Å². The van der Waals surface area contributed by atoms with Crippen LogP contribution in [0.4, 0.5) is 5.13 Å². The van der Waals surface area contributed by atoms with E-state index in [0.717, 1.165) is 17.1 Å². The highest BCUT2D eigenvalue weighted by atomic mass is 32.1. The fourth-order valence-electron chi connectivity index (χ4n) is 2.39. The van der Waals surface area contributed by atoms with Crippen LogP contribution in [0.15, 0.2) is 55.1 Å². The quantitative estimate of drug-likeness (QED) is 0.578. The molecule has 2 aromatic carbocycles. The molecule has 3 aromatic rings. The molecule has 1 amide bonds. The third-order valence-corrected chi connectivity index (χ3v) is 4.40. The van der Waals surface area contributed by atoms with Crippen molar-refractivity contribution in [3.05, 3.63) is 60.7 Å². The van der Waals surface area contributed by atoms with E-state index in [4.69, 9.17) is 14.2 Å². The molecule has 3 rings (SSSR count). The van der Waals surface area contributed by atoms with Crippen molar-refractivity contribution in [3.8, 4) is 28.6 Å². The van der Waals surface area contributed by atoms with Crippen molar-refractivity contribution >= 4 is 22.6 Å². The number of hydrogen-bond donors (Lipinski definition) is 1. The normalized spacial score (nSPS) is 10.2. The molecule has 0 aliphatic heterocycles. The molecule has 0 saturated heterocycles. The molecule has 28 heavy (non-hydrogen) atoms. The second kappa shape index (κ2) is 9.01. The van der Waals surface area contributed by atoms with Gasteiger partial charge in [0.15, 0.2) is 17.3 Å². The molecule has 0 unspecified atom stereocenters. The lowest BCUT2D eigenvalue weighted by atomic mass is 10.2. The summed E-state index contributed by atoms with van der Waals surface area (Å²) in [5.41, 5.74) is 1.26. The molecule has 0 radical (unpaired) electrons. The molecule has 1 N–H and O–H groups in total. The minimum Gasteiger partial charge on any atom is -0.493 e. The Labute approximate surface area is 166 Å². The second-order valence-corrected chi connectivity index (χ2v) is 6.32. The van der Waals surface area contributed by atoms with Crippen LogP contribution in [0.1, 0.15) is 10.4 Å². The van der Waals surface area contributed by atoms with E-state index in [1.54, 1.807) is 56.7 Å². The molecule has 0 spiro atoms. The number of amides is 1. The lowest BCUT2D eigenvalue weighted by Crippen LogP contribution is -2.11. The van der Waals surface area contributed by atoms with Crippen LogP contribution in [0.3, 0.4) is 0 Å². The van der Waals surface area contributed by atoms with Gasteiger partial charge in [-0.05, 0) is 42.5 Å². The molecule has 0 fully saturated rings. The summed E-state index contributed by atoms with van der Waals surface area (Å²) in [6.07, 6.45) is 1.66. The number of carbonyl (C=O) groups excluding carboxylic acids is 1. The topological polar surface area (TPSA) is 82.6 Å². The van der Waals surface area contributed by atoms with Crippen molar-refractivity contribution < 1.29 is 19.0 Å². The summed E-state index contributed by atoms with van der Waals surface area (Å²) in [7, 11) is 3.14. The molecular weight excluding hydrogens is 378 g/mol. The first-order chi connectivity index (χ1) is 13.6. The molecule has 0 aliphatic rings. The maximum atomic E-state index is 12.4. The highest BCUT2D eigenvalue weighted by Gasteiger charge is 2.13. The number of nitrogens with zero attached hydrogens (tertiary/aromatic N) is 2. The van der Waals surface area contributed by atoms with Crippen molar-refractivity contribution in [3.63, 3.8) is 0 Å². The van der Waals surface area contributed by atoms with Crippen molar-refractivity contribution in [1.29, 1.82) is 0 Å². The molecule has 0 saturated carbocycles. The molecular formula is C20H19N3O4S. The van der Waals surface area contributed by atoms with Crippen LogP contribution in [0.2, 0.25) is 0 Å². The van der Waals surface area contributed by atoms with Gasteiger partial charge < -0.3 is 14.2 Å². The van der Waals surface area contributed by atoms with Crippen LogP contribution >= 0.6 is 11.5 Å². The van der Waals surface area contributed by atoms with Gasteiger partial charge in [-0.15, -0.1) is 0 Å². The Kier molecular flexibility index (Phi) is 6.23. The van der Waals surface area contributed by atoms with Gasteiger partial charge in [0.25, 0.3) is 5.91 Å². The van der Waals surface area contributed by atoms with Gasteiger partial charge in [0, 0.05) is 22.7 Å². The first-order valence-electron chi connectivity index (χ1n) is 8.36. The number of anilines is 1. The fraction of sp³-hybridized carbons (Fsp3) is 0.150. The smallest absolute Gasteiger partial charge is 0.257 e. The zero-order valence-electron chi connectivity index (χ0n) is 15.5. The summed E-state index contributed by atoms with van der Waals surface area (Å²) in [5, 5.41) is 3.16. The van der Waals surface area contributed by atoms with Crippen molar-refractivity contribution in [2.24, 2.45) is 0 Å². The van der Waals surface area contributed by atoms with Gasteiger partial charge in [-0.2, -0.15) is 9.36 Å². The third kappa shape index (κ3) is 4.47. The van der Waals surface area contributed by atoms with Crippen molar-refractivity contribution in [2.75, 3.05) is 26.1 Å². The van der Waals surface area contributed by atoms with Crippen LogP contribution in [0.25, 0.3) is 11.4 Å². The Morgan fingerprint density at radius 1 is 1.14 bits per heavy atom. The SMILES string of the molecule is C=CCOc1ccc(C(=O)Nc2nc(-c3ccc(OC)c(OC)c3)ns2)cc1. The number of carbonyl (C=O) groups is 1. The highest BCUT2D eigenvalue weighted by Crippen LogP contribution is 2.32. The second-order valence-electron chi connectivity index (χ2n) is 5.57. The first-order valence-corrected chi connectivity index (χ1v) is 9.13. The molecule has 0 atom stereocenters. The average Bonchev–Trinajstić information content (AvgIpc) is 3.20. The number of ether oxygens (including phenoxy) is 3. The zero-order valence-corrected chi connectivity index (χ0v) is 16.3. The predicted molar refractivity (Wildman–Crippen MR) is 109 cm³/mol. The average molecular weight is 397 g/mol. The van der Waals surface area contributed by atoms with E-state index in [1.807, 2.05) is 6.07 Å². The Bertz CT molecular complexity index is 970. The van der Waals surface area contributed by atoms with Crippen LogP contribution in [-0.2, 0) is 0 Å². The number of hydrogen-bond acceptors (Lipinski definition) is 7. The molecule has 144 valence electrons. The largest absolute Gasteiger partial charge is 0.493 e. The third-order valence-electron chi connectivity index (χ3n) is 3.77. The zero-order chi connectivity index (χ0) is 19.9. The van der Waals surface area contributed by atoms with E-state index in [1.165, 1.54) is 0 Å². The maximum absolute atomic E-state index is 12.4. The van der Waals surface area contributed by atoms with E-state index >= 15 is 0 Å². The number of methoxy groups -OCH3 is 2. The highest BCUT2D eigenvalue weighted by molar-refractivity contribution is 7.10. The van der Waals surface area contributed by atoms with Gasteiger partial charge in [-0.3, -0.25) is 10.1 Å². The van der Waals surface area contributed by atoms with Gasteiger partial charge in [0.1, 0.15) is 12.4 Å². The summed E-state index contributed by atoms with van der Waals surface area (Å²) in [4.78, 5) is 16.8. The lowest BCUT2D eigenvalue weighted by molar-refractivity contribution is 0.102. The summed E-state index contributed by atoms with van der Waals surface area (Å²) in [6, 6.07) is 12.2. The van der Waals surface area contributed by atoms with E-state index in [2.05, 4.69) is 21.3 Å². The van der Waals surface area contributed by atoms with E-state index in [9.17, 15) is 4.79 Å². The molecule has 1 aromatic heterocycles. The number of nitrogens with one attached hydrogen (secondary N) is 1. The van der Waals surface area contributed by atoms with Crippen molar-refractivity contribution in [1.82, 2.24) is 9.36 Å². The van der Waals surface area contributed by atoms with Crippen LogP contribution in [-0.4, -0.2) is 36.1 Å². The lowest BCUT2D eigenvalue weighted by Gasteiger charge is -2.07. The van der Waals surface area contributed by atoms with Gasteiger partial charge >= 0.3 is 0 Å². The summed E-state index contributed by atoms with van der Waals surface area (Å²) in [6.45, 7) is 4.01. The van der Waals surface area contributed by atoms with Gasteiger partial charge in [0.2, 0.25) is 5.13 Å². The predicted octanol–water partition coefficient (Wildman–Crippen LogP) is 4.04. The van der Waals surface area contributed by atoms with Crippen LogP contribution in [0, 0.1) is 0 Å². The Hall–Kier alpha value is -3.39. The number of benzene rings is 2. The van der Waals surface area contributed by atoms with E-state index in [-0.39, 0.29) is 5.91 Å². The summed E-state index contributed by atoms with van der Waals surface area (Å²) < 4.78 is 20.2. The number of aromatic nitrogens is 2. The van der Waals surface area contributed by atoms with Gasteiger partial charge in [0.05, 0.1) is 14.2 Å². The Balaban J connectivity index is 1.70. The van der Waals surface area contributed by atoms with Crippen molar-refractivity contribution in [2.45, 2.75) is 0 Å². The van der Waals surface area contributed by atoms with Gasteiger partial charge in [-0.25, -0.2) is 0 Å². The standard InChI is InChI=1S/C20H19N3O4S/c1-4-11-27-15-8-5-13(6-9-15)19(24)22-20-21-18(23-28-20)14-7-10-16(25-2)17(12-14)26-3/h4-10,12H,1,11H2,2-3H3,(H,21,22,23,24). The molecule has 0 bridgehead atoms. The van der Waals surface area contributed by atoms with E-state index in [0.29, 0.717) is 40.4 Å². The monoisotopic (exact) mass is 397 g/mol. The summed E-state index contributed by atoms with van der Waals surface area (Å²) in [5.74, 6) is 2.09. The number of rotatable bonds is 8. The fourth-order valence-corrected chi connectivity index (χ4v) is 2.98. The molecule has 1 heterocycles. The molecule has 7 nitrogen and oxygen atoms in total. The Morgan fingerprint density at radius 3 is 2.57 bits per heavy atom. The Morgan fingerprint density at radius 2 is 1.89 bits per heavy atom. The molecule has 0 aliphatic carbocycles. The summed E-state index contributed by atoms with van der Waals surface area (Å²) >= 11 is 1.10. The van der Waals surface area contributed by atoms with E-state index < -0.39 is 0 Å². The maximum Gasteiger partial charge on any atom is 0.257 e. The van der Waals surface area contributed by atoms with Gasteiger partial charge in [-0.1, -0.05) is 12.7 Å². The first kappa shape index (κ1) is 19.4. The molecule has 8 heteroatoms.